The van der Waals surface area contributed by atoms with Gasteiger partial charge in [-0.1, -0.05) is 13.8 Å². The third kappa shape index (κ3) is 3.01. The van der Waals surface area contributed by atoms with Gasteiger partial charge in [0, 0.05) is 31.8 Å². The van der Waals surface area contributed by atoms with Gasteiger partial charge in [-0.25, -0.2) is 8.78 Å². The summed E-state index contributed by atoms with van der Waals surface area (Å²) in [4.78, 5) is 14.0. The molecule has 0 aromatic rings. The Balaban J connectivity index is 1.85. The molecular formula is C14H23F2NO. The first-order chi connectivity index (χ1) is 8.39. The van der Waals surface area contributed by atoms with E-state index in [1.807, 2.05) is 4.90 Å². The number of amides is 1. The number of alkyl halides is 2. The number of rotatable bonds is 2. The average Bonchev–Trinajstić information content (AvgIpc) is 2.69. The van der Waals surface area contributed by atoms with Crippen molar-refractivity contribution in [2.45, 2.75) is 51.9 Å². The lowest BCUT2D eigenvalue weighted by atomic mass is 9.86. The van der Waals surface area contributed by atoms with E-state index in [1.54, 1.807) is 0 Å². The minimum Gasteiger partial charge on any atom is -0.342 e. The van der Waals surface area contributed by atoms with Gasteiger partial charge in [0.05, 0.1) is 0 Å². The van der Waals surface area contributed by atoms with E-state index in [4.69, 9.17) is 0 Å². The van der Waals surface area contributed by atoms with E-state index >= 15 is 0 Å². The summed E-state index contributed by atoms with van der Waals surface area (Å²) in [6.07, 6.45) is 2.04. The largest absolute Gasteiger partial charge is 0.342 e. The number of hydrogen-bond acceptors (Lipinski definition) is 1. The fourth-order valence-electron chi connectivity index (χ4n) is 3.21. The van der Waals surface area contributed by atoms with Gasteiger partial charge < -0.3 is 4.90 Å². The van der Waals surface area contributed by atoms with Gasteiger partial charge in [0.15, 0.2) is 0 Å². The molecule has 2 nitrogen and oxygen atoms in total. The van der Waals surface area contributed by atoms with Crippen molar-refractivity contribution in [1.82, 2.24) is 4.90 Å². The van der Waals surface area contributed by atoms with Crippen molar-refractivity contribution >= 4 is 5.91 Å². The molecule has 1 aliphatic carbocycles. The number of likely N-dealkylation sites (tertiary alicyclic amines) is 1. The number of hydrogen-bond donors (Lipinski definition) is 0. The Labute approximate surface area is 108 Å². The first kappa shape index (κ1) is 13.8. The third-order valence-corrected chi connectivity index (χ3v) is 4.55. The van der Waals surface area contributed by atoms with Crippen molar-refractivity contribution in [1.29, 1.82) is 0 Å². The van der Waals surface area contributed by atoms with Crippen LogP contribution in [-0.2, 0) is 4.79 Å². The fourth-order valence-corrected chi connectivity index (χ4v) is 3.21. The summed E-state index contributed by atoms with van der Waals surface area (Å²) in [5, 5.41) is 0. The molecule has 2 aliphatic rings. The zero-order valence-electron chi connectivity index (χ0n) is 11.3. The predicted molar refractivity (Wildman–Crippen MR) is 66.4 cm³/mol. The summed E-state index contributed by atoms with van der Waals surface area (Å²) in [7, 11) is 0. The number of carbonyl (C=O) groups is 1. The Morgan fingerprint density at radius 1 is 1.22 bits per heavy atom. The maximum atomic E-state index is 13.1. The summed E-state index contributed by atoms with van der Waals surface area (Å²) < 4.78 is 26.2. The standard InChI is InChI=1S/C14H23F2NO/c1-10(2)11-4-7-17(8-5-11)13(18)12-3-6-14(15,16)9-12/h10-12H,3-9H2,1-2H3. The zero-order valence-corrected chi connectivity index (χ0v) is 11.3. The van der Waals surface area contributed by atoms with Crippen LogP contribution in [0.4, 0.5) is 8.78 Å². The monoisotopic (exact) mass is 259 g/mol. The molecule has 4 heteroatoms. The van der Waals surface area contributed by atoms with Crippen LogP contribution < -0.4 is 0 Å². The lowest BCUT2D eigenvalue weighted by Crippen LogP contribution is -2.42. The highest BCUT2D eigenvalue weighted by Gasteiger charge is 2.44. The van der Waals surface area contributed by atoms with Gasteiger partial charge in [0.2, 0.25) is 11.8 Å². The van der Waals surface area contributed by atoms with Crippen LogP contribution in [0.25, 0.3) is 0 Å². The molecule has 104 valence electrons. The minimum atomic E-state index is -2.61. The molecule has 1 aliphatic heterocycles. The summed E-state index contributed by atoms with van der Waals surface area (Å²) in [6, 6.07) is 0. The van der Waals surface area contributed by atoms with Crippen LogP contribution in [0.1, 0.15) is 46.0 Å². The first-order valence-electron chi connectivity index (χ1n) is 7.05. The van der Waals surface area contributed by atoms with Crippen molar-refractivity contribution in [3.8, 4) is 0 Å². The number of halogens is 2. The minimum absolute atomic E-state index is 0.0330. The second kappa shape index (κ2) is 5.14. The summed E-state index contributed by atoms with van der Waals surface area (Å²) in [6.45, 7) is 5.92. The van der Waals surface area contributed by atoms with Crippen LogP contribution in [0, 0.1) is 17.8 Å². The highest BCUT2D eigenvalue weighted by atomic mass is 19.3. The predicted octanol–water partition coefficient (Wildman–Crippen LogP) is 3.32. The van der Waals surface area contributed by atoms with E-state index in [9.17, 15) is 13.6 Å². The Bertz CT molecular complexity index is 309. The summed E-state index contributed by atoms with van der Waals surface area (Å²) >= 11 is 0. The maximum absolute atomic E-state index is 13.1. The highest BCUT2D eigenvalue weighted by Crippen LogP contribution is 2.40. The maximum Gasteiger partial charge on any atom is 0.248 e. The molecule has 1 unspecified atom stereocenters. The zero-order chi connectivity index (χ0) is 13.3. The normalized spacial score (nSPS) is 28.9. The van der Waals surface area contributed by atoms with Gasteiger partial charge >= 0.3 is 0 Å². The van der Waals surface area contributed by atoms with Crippen LogP contribution in [0.5, 0.6) is 0 Å². The van der Waals surface area contributed by atoms with Gasteiger partial charge in [-0.3, -0.25) is 4.79 Å². The molecule has 2 rings (SSSR count). The fraction of sp³-hybridized carbons (Fsp3) is 0.929. The van der Waals surface area contributed by atoms with Crippen molar-refractivity contribution < 1.29 is 13.6 Å². The Hall–Kier alpha value is -0.670. The Kier molecular flexibility index (Phi) is 3.93. The number of carbonyl (C=O) groups excluding carboxylic acids is 1. The molecule has 0 bridgehead atoms. The smallest absolute Gasteiger partial charge is 0.248 e. The van der Waals surface area contributed by atoms with Crippen LogP contribution in [0.15, 0.2) is 0 Å². The average molecular weight is 259 g/mol. The molecule has 1 saturated heterocycles. The van der Waals surface area contributed by atoms with E-state index in [0.29, 0.717) is 18.3 Å². The molecule has 0 N–H and O–H groups in total. The highest BCUT2D eigenvalue weighted by molar-refractivity contribution is 5.79. The molecule has 18 heavy (non-hydrogen) atoms. The van der Waals surface area contributed by atoms with Gasteiger partial charge in [0.25, 0.3) is 0 Å². The lowest BCUT2D eigenvalue weighted by molar-refractivity contribution is -0.138. The molecule has 0 spiro atoms. The second-order valence-corrected chi connectivity index (χ2v) is 6.20. The molecule has 0 aromatic carbocycles. The van der Waals surface area contributed by atoms with E-state index < -0.39 is 11.8 Å². The second-order valence-electron chi connectivity index (χ2n) is 6.20. The quantitative estimate of drug-likeness (QED) is 0.745. The molecule has 1 amide bonds. The van der Waals surface area contributed by atoms with Crippen LogP contribution in [0.3, 0.4) is 0 Å². The van der Waals surface area contributed by atoms with E-state index in [-0.39, 0.29) is 18.7 Å². The molecule has 0 radical (unpaired) electrons. The van der Waals surface area contributed by atoms with Crippen molar-refractivity contribution in [3.63, 3.8) is 0 Å². The van der Waals surface area contributed by atoms with Crippen LogP contribution in [0.2, 0.25) is 0 Å². The molecule has 1 saturated carbocycles. The van der Waals surface area contributed by atoms with Crippen LogP contribution >= 0.6 is 0 Å². The van der Waals surface area contributed by atoms with Crippen LogP contribution in [-0.4, -0.2) is 29.8 Å². The topological polar surface area (TPSA) is 20.3 Å². The van der Waals surface area contributed by atoms with E-state index in [0.717, 1.165) is 25.9 Å². The molecule has 0 aromatic heterocycles. The SMILES string of the molecule is CC(C)C1CCN(C(=O)C2CCC(F)(F)C2)CC1. The van der Waals surface area contributed by atoms with Gasteiger partial charge in [-0.2, -0.15) is 0 Å². The Morgan fingerprint density at radius 3 is 2.28 bits per heavy atom. The first-order valence-corrected chi connectivity index (χ1v) is 7.05. The van der Waals surface area contributed by atoms with E-state index in [1.165, 1.54) is 0 Å². The molecule has 2 fully saturated rings. The molecular weight excluding hydrogens is 236 g/mol. The van der Waals surface area contributed by atoms with Gasteiger partial charge in [0.1, 0.15) is 0 Å². The van der Waals surface area contributed by atoms with Crippen molar-refractivity contribution in [3.05, 3.63) is 0 Å². The van der Waals surface area contributed by atoms with Gasteiger partial charge in [-0.15, -0.1) is 0 Å². The lowest BCUT2D eigenvalue weighted by Gasteiger charge is -2.35. The molecule has 1 heterocycles. The van der Waals surface area contributed by atoms with Crippen molar-refractivity contribution in [2.75, 3.05) is 13.1 Å². The number of piperidine rings is 1. The molecule has 1 atom stereocenters. The van der Waals surface area contributed by atoms with Gasteiger partial charge in [-0.05, 0) is 31.1 Å². The summed E-state index contributed by atoms with van der Waals surface area (Å²) in [5.74, 6) is -1.75. The Morgan fingerprint density at radius 2 is 1.83 bits per heavy atom. The van der Waals surface area contributed by atoms with Crippen molar-refractivity contribution in [2.24, 2.45) is 17.8 Å². The third-order valence-electron chi connectivity index (χ3n) is 4.55. The summed E-state index contributed by atoms with van der Waals surface area (Å²) in [5.41, 5.74) is 0. The number of nitrogens with zero attached hydrogens (tertiary/aromatic N) is 1. The van der Waals surface area contributed by atoms with E-state index in [2.05, 4.69) is 13.8 Å².